The lowest BCUT2D eigenvalue weighted by molar-refractivity contribution is 0.306. The van der Waals surface area contributed by atoms with E-state index in [1.807, 2.05) is 30.3 Å². The lowest BCUT2D eigenvalue weighted by atomic mass is 10.1. The molecule has 0 atom stereocenters. The van der Waals surface area contributed by atoms with E-state index in [1.165, 1.54) is 36.8 Å². The molecule has 2 heterocycles. The minimum absolute atomic E-state index is 0.0240. The highest BCUT2D eigenvalue weighted by molar-refractivity contribution is 7.90. The Morgan fingerprint density at radius 3 is 2.75 bits per heavy atom. The van der Waals surface area contributed by atoms with E-state index >= 15 is 0 Å². The van der Waals surface area contributed by atoms with Crippen LogP contribution in [-0.4, -0.2) is 36.9 Å². The minimum Gasteiger partial charge on any atom is -0.487 e. The maximum Gasteiger partial charge on any atom is 0.148 e. The zero-order chi connectivity index (χ0) is 29.9. The van der Waals surface area contributed by atoms with E-state index in [2.05, 4.69) is 20.6 Å². The van der Waals surface area contributed by atoms with Gasteiger partial charge in [0.05, 0.1) is 25.6 Å². The SMILES string of the molecule is [2H]C([2H])(Oc1ccc(Nc2ncnc3ccc(-c4ccc(CNCCS(C)(=O)=O)o4)cc23)cc1Cl)c1cccc(F)c1. The quantitative estimate of drug-likeness (QED) is 0.179. The van der Waals surface area contributed by atoms with Gasteiger partial charge in [-0.15, -0.1) is 0 Å². The van der Waals surface area contributed by atoms with Crippen molar-refractivity contribution in [3.63, 3.8) is 0 Å². The Morgan fingerprint density at radius 1 is 1.07 bits per heavy atom. The van der Waals surface area contributed by atoms with Gasteiger partial charge in [0.15, 0.2) is 0 Å². The lowest BCUT2D eigenvalue weighted by Gasteiger charge is -2.12. The molecule has 0 aliphatic heterocycles. The second-order valence-corrected chi connectivity index (χ2v) is 11.7. The Bertz CT molecular complexity index is 1850. The van der Waals surface area contributed by atoms with Crippen LogP contribution in [0.15, 0.2) is 83.5 Å². The Labute approximate surface area is 238 Å². The van der Waals surface area contributed by atoms with Gasteiger partial charge in [-0.05, 0) is 66.2 Å². The third kappa shape index (κ3) is 7.15. The normalized spacial score (nSPS) is 12.7. The van der Waals surface area contributed by atoms with Crippen molar-refractivity contribution in [1.29, 1.82) is 0 Å². The fourth-order valence-electron chi connectivity index (χ4n) is 3.87. The summed E-state index contributed by atoms with van der Waals surface area (Å²) in [5, 5.41) is 7.15. The number of ether oxygens (including phenoxy) is 1. The average Bonchev–Trinajstić information content (AvgIpc) is 3.41. The number of hydrogen-bond donors (Lipinski definition) is 2. The number of benzene rings is 3. The highest BCUT2D eigenvalue weighted by atomic mass is 35.5. The summed E-state index contributed by atoms with van der Waals surface area (Å²) in [4.78, 5) is 8.73. The van der Waals surface area contributed by atoms with Gasteiger partial charge in [-0.3, -0.25) is 0 Å². The highest BCUT2D eigenvalue weighted by Gasteiger charge is 2.11. The molecule has 0 unspecified atom stereocenters. The Morgan fingerprint density at radius 2 is 1.95 bits per heavy atom. The van der Waals surface area contributed by atoms with Crippen LogP contribution in [0.25, 0.3) is 22.2 Å². The first-order valence-electron chi connectivity index (χ1n) is 13.2. The summed E-state index contributed by atoms with van der Waals surface area (Å²) in [6.45, 7) is -1.59. The molecule has 0 spiro atoms. The molecule has 0 bridgehead atoms. The summed E-state index contributed by atoms with van der Waals surface area (Å²) in [6.07, 6.45) is 2.63. The topological polar surface area (TPSA) is 106 Å². The summed E-state index contributed by atoms with van der Waals surface area (Å²) in [5.41, 5.74) is 2.09. The molecule has 0 amide bonds. The smallest absolute Gasteiger partial charge is 0.148 e. The van der Waals surface area contributed by atoms with E-state index in [9.17, 15) is 12.8 Å². The summed E-state index contributed by atoms with van der Waals surface area (Å²) >= 11 is 6.43. The summed E-state index contributed by atoms with van der Waals surface area (Å²) in [6, 6.07) is 19.2. The van der Waals surface area contributed by atoms with E-state index in [-0.39, 0.29) is 22.1 Å². The van der Waals surface area contributed by atoms with Gasteiger partial charge in [0, 0.05) is 29.4 Å². The van der Waals surface area contributed by atoms with Crippen molar-refractivity contribution >= 4 is 43.8 Å². The third-order valence-corrected chi connectivity index (χ3v) is 7.07. The van der Waals surface area contributed by atoms with Crippen molar-refractivity contribution in [3.05, 3.63) is 101 Å². The molecule has 40 heavy (non-hydrogen) atoms. The zero-order valence-electron chi connectivity index (χ0n) is 23.3. The van der Waals surface area contributed by atoms with Crippen LogP contribution in [0.4, 0.5) is 15.9 Å². The van der Waals surface area contributed by atoms with Crippen LogP contribution in [0.5, 0.6) is 5.75 Å². The third-order valence-electron chi connectivity index (χ3n) is 5.83. The molecule has 0 saturated heterocycles. The van der Waals surface area contributed by atoms with Crippen molar-refractivity contribution < 1.29 is 24.7 Å². The number of halogens is 2. The molecule has 2 N–H and O–H groups in total. The Kier molecular flexibility index (Phi) is 7.52. The van der Waals surface area contributed by atoms with Crippen LogP contribution >= 0.6 is 11.6 Å². The first-order valence-corrected chi connectivity index (χ1v) is 14.6. The van der Waals surface area contributed by atoms with Crippen molar-refractivity contribution in [1.82, 2.24) is 15.3 Å². The Balaban J connectivity index is 1.32. The minimum atomic E-state index is -3.04. The van der Waals surface area contributed by atoms with Crippen LogP contribution in [0.1, 0.15) is 14.1 Å². The molecule has 5 rings (SSSR count). The van der Waals surface area contributed by atoms with Gasteiger partial charge in [-0.2, -0.15) is 0 Å². The van der Waals surface area contributed by atoms with Gasteiger partial charge in [-0.25, -0.2) is 22.8 Å². The molecule has 5 aromatic rings. The number of rotatable bonds is 11. The van der Waals surface area contributed by atoms with Crippen LogP contribution in [0.2, 0.25) is 5.02 Å². The largest absolute Gasteiger partial charge is 0.487 e. The summed E-state index contributed by atoms with van der Waals surface area (Å²) in [5.74, 6) is 1.37. The Hall–Kier alpha value is -3.99. The zero-order valence-corrected chi connectivity index (χ0v) is 22.9. The van der Waals surface area contributed by atoms with Gasteiger partial charge in [0.2, 0.25) is 0 Å². The molecule has 0 radical (unpaired) electrons. The van der Waals surface area contributed by atoms with E-state index in [0.717, 1.165) is 17.0 Å². The number of nitrogens with zero attached hydrogens (tertiary/aromatic N) is 2. The summed E-state index contributed by atoms with van der Waals surface area (Å²) < 4.78 is 64.1. The van der Waals surface area contributed by atoms with E-state index in [4.69, 9.17) is 23.5 Å². The maximum absolute atomic E-state index is 13.6. The molecular weight excluding hydrogens is 555 g/mol. The molecular formula is C29H26ClFN4O4S. The van der Waals surface area contributed by atoms with Crippen molar-refractivity contribution in [2.45, 2.75) is 13.1 Å². The average molecular weight is 583 g/mol. The monoisotopic (exact) mass is 582 g/mol. The molecule has 11 heteroatoms. The lowest BCUT2D eigenvalue weighted by Crippen LogP contribution is -2.21. The predicted molar refractivity (Wildman–Crippen MR) is 154 cm³/mol. The van der Waals surface area contributed by atoms with Gasteiger partial charge in [0.1, 0.15) is 51.6 Å². The number of furan rings is 1. The molecule has 2 aromatic heterocycles. The maximum atomic E-state index is 13.6. The van der Waals surface area contributed by atoms with Gasteiger partial charge >= 0.3 is 0 Å². The van der Waals surface area contributed by atoms with Crippen molar-refractivity contribution in [3.8, 4) is 17.1 Å². The van der Waals surface area contributed by atoms with E-state index < -0.39 is 22.2 Å². The molecule has 0 aliphatic rings. The first kappa shape index (κ1) is 25.0. The highest BCUT2D eigenvalue weighted by Crippen LogP contribution is 2.32. The second kappa shape index (κ2) is 12.0. The van der Waals surface area contributed by atoms with E-state index in [0.29, 0.717) is 41.6 Å². The molecule has 206 valence electrons. The molecule has 0 aliphatic carbocycles. The first-order chi connectivity index (χ1) is 20.0. The van der Waals surface area contributed by atoms with Gasteiger partial charge < -0.3 is 19.8 Å². The standard InChI is InChI=1S/C29H26ClFN4O4S/c1-40(36,37)12-11-32-16-23-7-10-27(39-23)20-5-8-26-24(14-20)29(34-18-33-26)35-22-6-9-28(25(30)15-22)38-17-19-3-2-4-21(31)13-19/h2-10,13-15,18,32H,11-12,16-17H2,1H3,(H,33,34,35)/i17D2. The molecule has 8 nitrogen and oxygen atoms in total. The van der Waals surface area contributed by atoms with Gasteiger partial charge in [-0.1, -0.05) is 23.7 Å². The van der Waals surface area contributed by atoms with Crippen LogP contribution in [0, 0.1) is 5.82 Å². The number of anilines is 2. The van der Waals surface area contributed by atoms with Crippen LogP contribution < -0.4 is 15.4 Å². The van der Waals surface area contributed by atoms with Crippen LogP contribution in [-0.2, 0) is 22.9 Å². The molecule has 0 fully saturated rings. The van der Waals surface area contributed by atoms with E-state index in [1.54, 1.807) is 12.1 Å². The molecule has 3 aromatic carbocycles. The second-order valence-electron chi connectivity index (χ2n) is 9.01. The predicted octanol–water partition coefficient (Wildman–Crippen LogP) is 6.14. The summed E-state index contributed by atoms with van der Waals surface area (Å²) in [7, 11) is -3.04. The number of hydrogen-bond acceptors (Lipinski definition) is 8. The van der Waals surface area contributed by atoms with Crippen molar-refractivity contribution in [2.75, 3.05) is 23.9 Å². The number of fused-ring (bicyclic) bond motifs is 1. The fraction of sp³-hybridized carbons (Fsp3) is 0.172. The number of sulfone groups is 1. The fourth-order valence-corrected chi connectivity index (χ4v) is 4.60. The number of aromatic nitrogens is 2. The van der Waals surface area contributed by atoms with Crippen LogP contribution in [0.3, 0.4) is 0 Å². The van der Waals surface area contributed by atoms with Crippen molar-refractivity contribution in [2.24, 2.45) is 0 Å². The number of nitrogens with one attached hydrogen (secondary N) is 2. The van der Waals surface area contributed by atoms with Gasteiger partial charge in [0.25, 0.3) is 0 Å². The molecule has 0 saturated carbocycles.